The van der Waals surface area contributed by atoms with Gasteiger partial charge < -0.3 is 10.2 Å². The maximum Gasteiger partial charge on any atom is 0.228 e. The third kappa shape index (κ3) is 2.46. The fraction of sp³-hybridized carbons (Fsp3) is 0.733. The minimum absolute atomic E-state index is 0.0576. The van der Waals surface area contributed by atoms with Crippen molar-refractivity contribution >= 4 is 5.91 Å². The van der Waals surface area contributed by atoms with E-state index in [0.717, 1.165) is 13.1 Å². The number of hydrogen-bond donors (Lipinski definition) is 1. The molecule has 3 rings (SSSR count). The van der Waals surface area contributed by atoms with E-state index >= 15 is 0 Å². The first-order valence-electron chi connectivity index (χ1n) is 7.59. The molecule has 2 atom stereocenters. The summed E-state index contributed by atoms with van der Waals surface area (Å²) in [5.74, 6) is 0.639. The second kappa shape index (κ2) is 5.20. The van der Waals surface area contributed by atoms with Gasteiger partial charge in [-0.1, -0.05) is 0 Å². The summed E-state index contributed by atoms with van der Waals surface area (Å²) in [6.07, 6.45) is 6.27. The Morgan fingerprint density at radius 1 is 1.45 bits per heavy atom. The van der Waals surface area contributed by atoms with Crippen molar-refractivity contribution in [2.24, 2.45) is 13.0 Å². The zero-order chi connectivity index (χ0) is 14.3. The molecule has 1 aromatic heterocycles. The molecule has 0 unspecified atom stereocenters. The third-order valence-electron chi connectivity index (χ3n) is 4.44. The molecule has 0 radical (unpaired) electrons. The third-order valence-corrected chi connectivity index (χ3v) is 4.44. The molecule has 1 aliphatic carbocycles. The summed E-state index contributed by atoms with van der Waals surface area (Å²) in [7, 11) is 1.92. The number of aromatic nitrogens is 2. The van der Waals surface area contributed by atoms with Crippen LogP contribution in [0.5, 0.6) is 0 Å². The van der Waals surface area contributed by atoms with E-state index in [-0.39, 0.29) is 11.8 Å². The quantitative estimate of drug-likeness (QED) is 0.896. The van der Waals surface area contributed by atoms with Gasteiger partial charge in [-0.3, -0.25) is 9.48 Å². The number of amides is 1. The molecule has 5 heteroatoms. The molecular weight excluding hydrogens is 252 g/mol. The van der Waals surface area contributed by atoms with Gasteiger partial charge in [0.2, 0.25) is 5.91 Å². The average molecular weight is 276 g/mol. The molecule has 0 spiro atoms. The first kappa shape index (κ1) is 13.6. The summed E-state index contributed by atoms with van der Waals surface area (Å²) in [4.78, 5) is 15.0. The van der Waals surface area contributed by atoms with E-state index in [1.807, 2.05) is 24.1 Å². The Morgan fingerprint density at radius 3 is 2.75 bits per heavy atom. The maximum atomic E-state index is 12.9. The first-order valence-corrected chi connectivity index (χ1v) is 7.59. The number of nitrogens with zero attached hydrogens (tertiary/aromatic N) is 3. The minimum Gasteiger partial charge on any atom is -0.337 e. The molecule has 2 fully saturated rings. The summed E-state index contributed by atoms with van der Waals surface area (Å²) in [6, 6.07) is 0.780. The van der Waals surface area contributed by atoms with Gasteiger partial charge >= 0.3 is 0 Å². The summed E-state index contributed by atoms with van der Waals surface area (Å²) in [5, 5.41) is 7.63. The van der Waals surface area contributed by atoms with E-state index in [1.54, 1.807) is 0 Å². The summed E-state index contributed by atoms with van der Waals surface area (Å²) in [6.45, 7) is 5.91. The summed E-state index contributed by atoms with van der Waals surface area (Å²) >= 11 is 0. The van der Waals surface area contributed by atoms with Crippen LogP contribution < -0.4 is 5.32 Å². The molecule has 1 saturated heterocycles. The van der Waals surface area contributed by atoms with Gasteiger partial charge in [-0.15, -0.1) is 0 Å². The summed E-state index contributed by atoms with van der Waals surface area (Å²) < 4.78 is 1.82. The highest BCUT2D eigenvalue weighted by Crippen LogP contribution is 2.35. The number of nitrogens with one attached hydrogen (secondary N) is 1. The van der Waals surface area contributed by atoms with Crippen molar-refractivity contribution in [3.8, 4) is 0 Å². The van der Waals surface area contributed by atoms with Gasteiger partial charge in [-0.25, -0.2) is 0 Å². The zero-order valence-electron chi connectivity index (χ0n) is 12.5. The second-order valence-corrected chi connectivity index (χ2v) is 6.39. The molecular formula is C15H24N4O. The van der Waals surface area contributed by atoms with Crippen LogP contribution in [0.25, 0.3) is 0 Å². The lowest BCUT2D eigenvalue weighted by Gasteiger charge is -2.31. The molecule has 5 nitrogen and oxygen atoms in total. The normalized spacial score (nSPS) is 26.2. The second-order valence-electron chi connectivity index (χ2n) is 6.39. The number of carbonyl (C=O) groups is 1. The van der Waals surface area contributed by atoms with E-state index in [0.29, 0.717) is 18.0 Å². The molecule has 0 bridgehead atoms. The molecule has 1 aromatic rings. The fourth-order valence-corrected chi connectivity index (χ4v) is 3.32. The van der Waals surface area contributed by atoms with Crippen molar-refractivity contribution in [1.29, 1.82) is 0 Å². The van der Waals surface area contributed by atoms with E-state index in [1.165, 1.54) is 18.4 Å². The molecule has 0 aromatic carbocycles. The van der Waals surface area contributed by atoms with Crippen LogP contribution in [0, 0.1) is 5.92 Å². The van der Waals surface area contributed by atoms with Gasteiger partial charge in [0.25, 0.3) is 0 Å². The van der Waals surface area contributed by atoms with Crippen LogP contribution in [0.4, 0.5) is 0 Å². The van der Waals surface area contributed by atoms with Gasteiger partial charge in [-0.2, -0.15) is 5.10 Å². The van der Waals surface area contributed by atoms with Gasteiger partial charge in [0, 0.05) is 44.3 Å². The van der Waals surface area contributed by atoms with E-state index in [2.05, 4.69) is 29.2 Å². The molecule has 2 heterocycles. The lowest BCUT2D eigenvalue weighted by atomic mass is 9.89. The van der Waals surface area contributed by atoms with Crippen LogP contribution in [-0.2, 0) is 11.8 Å². The minimum atomic E-state index is 0.0576. The number of rotatable bonds is 4. The van der Waals surface area contributed by atoms with Crippen molar-refractivity contribution in [3.05, 3.63) is 18.0 Å². The number of aryl methyl sites for hydroxylation is 1. The molecule has 1 amide bonds. The zero-order valence-corrected chi connectivity index (χ0v) is 12.5. The van der Waals surface area contributed by atoms with E-state index in [4.69, 9.17) is 0 Å². The van der Waals surface area contributed by atoms with Crippen LogP contribution in [-0.4, -0.2) is 45.8 Å². The van der Waals surface area contributed by atoms with Crippen molar-refractivity contribution in [3.63, 3.8) is 0 Å². The number of carbonyl (C=O) groups excluding carboxylic acids is 1. The Hall–Kier alpha value is -1.36. The Kier molecular flexibility index (Phi) is 3.54. The highest BCUT2D eigenvalue weighted by molar-refractivity contribution is 5.81. The average Bonchev–Trinajstić information content (AvgIpc) is 2.93. The van der Waals surface area contributed by atoms with Gasteiger partial charge in [0.05, 0.1) is 12.1 Å². The lowest BCUT2D eigenvalue weighted by molar-refractivity contribution is -0.137. The highest BCUT2D eigenvalue weighted by Gasteiger charge is 2.42. The Balaban J connectivity index is 1.79. The van der Waals surface area contributed by atoms with Crippen molar-refractivity contribution < 1.29 is 4.79 Å². The highest BCUT2D eigenvalue weighted by atomic mass is 16.2. The van der Waals surface area contributed by atoms with E-state index in [9.17, 15) is 4.79 Å². The van der Waals surface area contributed by atoms with Crippen molar-refractivity contribution in [1.82, 2.24) is 20.0 Å². The predicted molar refractivity (Wildman–Crippen MR) is 77.3 cm³/mol. The van der Waals surface area contributed by atoms with Crippen LogP contribution in [0.2, 0.25) is 0 Å². The Labute approximate surface area is 120 Å². The van der Waals surface area contributed by atoms with Gasteiger partial charge in [0.1, 0.15) is 0 Å². The first-order chi connectivity index (χ1) is 9.58. The molecule has 110 valence electrons. The molecule has 1 saturated carbocycles. The van der Waals surface area contributed by atoms with Crippen LogP contribution >= 0.6 is 0 Å². The maximum absolute atomic E-state index is 12.9. The standard InChI is InChI=1S/C15H24N4O/c1-10(2)19(12-4-5-12)15(20)14-8-16-7-13(14)11-6-17-18(3)9-11/h6,9-10,12-14,16H,4-5,7-8H2,1-3H3/t13-,14+/m1/s1. The lowest BCUT2D eigenvalue weighted by Crippen LogP contribution is -2.44. The van der Waals surface area contributed by atoms with Crippen molar-refractivity contribution in [2.75, 3.05) is 13.1 Å². The van der Waals surface area contributed by atoms with Crippen molar-refractivity contribution in [2.45, 2.75) is 44.7 Å². The SMILES string of the molecule is CC(C)N(C(=O)[C@H]1CNC[C@@H]1c1cnn(C)c1)C1CC1. The van der Waals surface area contributed by atoms with Crippen LogP contribution in [0.1, 0.15) is 38.2 Å². The number of hydrogen-bond acceptors (Lipinski definition) is 3. The molecule has 20 heavy (non-hydrogen) atoms. The molecule has 2 aliphatic rings. The Morgan fingerprint density at radius 2 is 2.20 bits per heavy atom. The Bertz CT molecular complexity index is 490. The monoisotopic (exact) mass is 276 g/mol. The van der Waals surface area contributed by atoms with Gasteiger partial charge in [-0.05, 0) is 32.3 Å². The molecule has 1 aliphatic heterocycles. The fourth-order valence-electron chi connectivity index (χ4n) is 3.32. The molecule has 1 N–H and O–H groups in total. The van der Waals surface area contributed by atoms with E-state index < -0.39 is 0 Å². The largest absolute Gasteiger partial charge is 0.337 e. The summed E-state index contributed by atoms with van der Waals surface area (Å²) in [5.41, 5.74) is 1.18. The van der Waals surface area contributed by atoms with Gasteiger partial charge in [0.15, 0.2) is 0 Å². The topological polar surface area (TPSA) is 50.2 Å². The van der Waals surface area contributed by atoms with Crippen LogP contribution in [0.15, 0.2) is 12.4 Å². The van der Waals surface area contributed by atoms with Crippen LogP contribution in [0.3, 0.4) is 0 Å². The predicted octanol–water partition coefficient (Wildman–Crippen LogP) is 1.12. The smallest absolute Gasteiger partial charge is 0.228 e.